The lowest BCUT2D eigenvalue weighted by atomic mass is 10.1. The number of amides is 1. The maximum atomic E-state index is 13.9. The summed E-state index contributed by atoms with van der Waals surface area (Å²) in [5, 5.41) is 3.45. The van der Waals surface area contributed by atoms with Gasteiger partial charge in [0.2, 0.25) is 5.91 Å². The van der Waals surface area contributed by atoms with Gasteiger partial charge in [0.1, 0.15) is 0 Å². The predicted molar refractivity (Wildman–Crippen MR) is 68.6 cm³/mol. The number of hydrogen-bond donors (Lipinski definition) is 0. The molecule has 0 aromatic heterocycles. The van der Waals surface area contributed by atoms with Gasteiger partial charge in [-0.05, 0) is 39.5 Å². The number of carbonyl (C=O) groups is 1. The molecule has 18 heavy (non-hydrogen) atoms. The average Bonchev–Trinajstić information content (AvgIpc) is 2.71. The van der Waals surface area contributed by atoms with Crippen LogP contribution in [-0.4, -0.2) is 19.0 Å². The zero-order chi connectivity index (χ0) is 13.1. The Bertz CT molecular complexity index is 530. The summed E-state index contributed by atoms with van der Waals surface area (Å²) in [7, 11) is 0. The predicted octanol–water partition coefficient (Wildman–Crippen LogP) is 3.25. The monoisotopic (exact) mass is 312 g/mol. The number of carbonyl (C=O) groups excluding carboxylic acids is 1. The smallest absolute Gasteiger partial charge is 0.227 e. The molecular weight excluding hydrogens is 303 g/mol. The second-order valence-electron chi connectivity index (χ2n) is 4.06. The van der Waals surface area contributed by atoms with Crippen LogP contribution >= 0.6 is 15.9 Å². The number of anilines is 1. The number of hydrogen-bond acceptors (Lipinski definition) is 2. The molecule has 94 valence electrons. The van der Waals surface area contributed by atoms with E-state index in [2.05, 4.69) is 26.0 Å². The summed E-state index contributed by atoms with van der Waals surface area (Å²) in [4.78, 5) is 15.9. The summed E-state index contributed by atoms with van der Waals surface area (Å²) in [5.74, 6) is -0.646. The largest absolute Gasteiger partial charge is 0.309 e. The van der Waals surface area contributed by atoms with Crippen LogP contribution in [0, 0.1) is 11.7 Å². The van der Waals surface area contributed by atoms with Gasteiger partial charge in [-0.1, -0.05) is 11.2 Å². The van der Waals surface area contributed by atoms with Crippen molar-refractivity contribution < 1.29 is 9.18 Å². The highest BCUT2D eigenvalue weighted by molar-refractivity contribution is 9.10. The molecule has 0 bridgehead atoms. The topological polar surface area (TPSA) is 69.1 Å². The maximum absolute atomic E-state index is 13.9. The standard InChI is InChI=1S/C11H10BrFN4O/c12-8-2-1-3-9(11(8)13)17-6-7(4-10(17)18)5-15-16-14/h1-3,7H,4-6H2. The Balaban J connectivity index is 2.21. The number of benzene rings is 1. The molecule has 2 rings (SSSR count). The molecule has 0 N–H and O–H groups in total. The number of rotatable bonds is 3. The Morgan fingerprint density at radius 3 is 3.11 bits per heavy atom. The molecule has 0 radical (unpaired) electrons. The van der Waals surface area contributed by atoms with Gasteiger partial charge in [0, 0.05) is 24.4 Å². The minimum atomic E-state index is -0.449. The second-order valence-corrected chi connectivity index (χ2v) is 4.92. The van der Waals surface area contributed by atoms with Gasteiger partial charge >= 0.3 is 0 Å². The van der Waals surface area contributed by atoms with E-state index in [-0.39, 0.29) is 30.5 Å². The molecule has 1 fully saturated rings. The van der Waals surface area contributed by atoms with E-state index in [1.165, 1.54) is 4.90 Å². The van der Waals surface area contributed by atoms with Gasteiger partial charge in [-0.15, -0.1) is 0 Å². The highest BCUT2D eigenvalue weighted by Gasteiger charge is 2.31. The van der Waals surface area contributed by atoms with E-state index >= 15 is 0 Å². The lowest BCUT2D eigenvalue weighted by Gasteiger charge is -2.17. The second kappa shape index (κ2) is 5.37. The fourth-order valence-corrected chi connectivity index (χ4v) is 2.35. The Hall–Kier alpha value is -1.59. The third-order valence-electron chi connectivity index (χ3n) is 2.83. The molecule has 1 amide bonds. The molecule has 5 nitrogen and oxygen atoms in total. The van der Waals surface area contributed by atoms with Crippen LogP contribution in [0.1, 0.15) is 6.42 Å². The fourth-order valence-electron chi connectivity index (χ4n) is 1.99. The minimum absolute atomic E-state index is 0.0493. The van der Waals surface area contributed by atoms with Crippen LogP contribution < -0.4 is 4.90 Å². The molecule has 1 heterocycles. The quantitative estimate of drug-likeness (QED) is 0.480. The zero-order valence-electron chi connectivity index (χ0n) is 9.38. The fraction of sp³-hybridized carbons (Fsp3) is 0.364. The van der Waals surface area contributed by atoms with E-state index < -0.39 is 5.82 Å². The SMILES string of the molecule is [N-]=[N+]=NCC1CC(=O)N(c2cccc(Br)c2F)C1. The van der Waals surface area contributed by atoms with Crippen molar-refractivity contribution in [2.75, 3.05) is 18.0 Å². The van der Waals surface area contributed by atoms with Crippen LogP contribution in [0.25, 0.3) is 10.4 Å². The molecule has 1 saturated heterocycles. The van der Waals surface area contributed by atoms with E-state index in [4.69, 9.17) is 5.53 Å². The van der Waals surface area contributed by atoms with E-state index in [1.807, 2.05) is 0 Å². The maximum Gasteiger partial charge on any atom is 0.227 e. The summed E-state index contributed by atoms with van der Waals surface area (Å²) >= 11 is 3.09. The highest BCUT2D eigenvalue weighted by Crippen LogP contribution is 2.30. The molecule has 0 aliphatic carbocycles. The summed E-state index contributed by atoms with van der Waals surface area (Å²) in [6.45, 7) is 0.638. The average molecular weight is 313 g/mol. The molecule has 7 heteroatoms. The number of azide groups is 1. The number of halogens is 2. The molecule has 1 atom stereocenters. The highest BCUT2D eigenvalue weighted by atomic mass is 79.9. The van der Waals surface area contributed by atoms with Crippen LogP contribution in [0.4, 0.5) is 10.1 Å². The first-order chi connectivity index (χ1) is 8.63. The lowest BCUT2D eigenvalue weighted by Crippen LogP contribution is -2.25. The van der Waals surface area contributed by atoms with Crippen molar-refractivity contribution in [2.45, 2.75) is 6.42 Å². The summed E-state index contributed by atoms with van der Waals surface area (Å²) in [6, 6.07) is 4.82. The Kier molecular flexibility index (Phi) is 3.84. The van der Waals surface area contributed by atoms with Crippen LogP contribution in [0.2, 0.25) is 0 Å². The van der Waals surface area contributed by atoms with Gasteiger partial charge < -0.3 is 4.90 Å². The minimum Gasteiger partial charge on any atom is -0.309 e. The van der Waals surface area contributed by atoms with Crippen molar-refractivity contribution in [3.8, 4) is 0 Å². The van der Waals surface area contributed by atoms with Gasteiger partial charge in [-0.25, -0.2) is 4.39 Å². The Morgan fingerprint density at radius 1 is 1.61 bits per heavy atom. The van der Waals surface area contributed by atoms with Gasteiger partial charge in [0.05, 0.1) is 10.2 Å². The van der Waals surface area contributed by atoms with Crippen LogP contribution in [0.3, 0.4) is 0 Å². The molecule has 1 aliphatic heterocycles. The van der Waals surface area contributed by atoms with Crippen molar-refractivity contribution >= 4 is 27.5 Å². The molecular formula is C11H10BrFN4O. The normalized spacial score (nSPS) is 18.9. The molecule has 0 spiro atoms. The van der Waals surface area contributed by atoms with Gasteiger partial charge in [-0.2, -0.15) is 0 Å². The summed E-state index contributed by atoms with van der Waals surface area (Å²) in [6.07, 6.45) is 0.283. The summed E-state index contributed by atoms with van der Waals surface area (Å²) in [5.41, 5.74) is 8.51. The molecule has 1 unspecified atom stereocenters. The van der Waals surface area contributed by atoms with Crippen molar-refractivity contribution in [1.82, 2.24) is 0 Å². The van der Waals surface area contributed by atoms with E-state index in [0.29, 0.717) is 11.0 Å². The third kappa shape index (κ3) is 2.47. The molecule has 1 aliphatic rings. The van der Waals surface area contributed by atoms with Crippen molar-refractivity contribution in [2.24, 2.45) is 11.0 Å². The lowest BCUT2D eigenvalue weighted by molar-refractivity contribution is -0.117. The van der Waals surface area contributed by atoms with E-state index in [9.17, 15) is 9.18 Å². The first-order valence-corrected chi connectivity index (χ1v) is 6.18. The Morgan fingerprint density at radius 2 is 2.39 bits per heavy atom. The molecule has 1 aromatic rings. The van der Waals surface area contributed by atoms with E-state index in [0.717, 1.165) is 0 Å². The van der Waals surface area contributed by atoms with Crippen LogP contribution in [0.5, 0.6) is 0 Å². The molecule has 1 aromatic carbocycles. The third-order valence-corrected chi connectivity index (χ3v) is 3.44. The van der Waals surface area contributed by atoms with Crippen molar-refractivity contribution in [1.29, 1.82) is 0 Å². The van der Waals surface area contributed by atoms with Crippen molar-refractivity contribution in [3.63, 3.8) is 0 Å². The number of nitrogens with zero attached hydrogens (tertiary/aromatic N) is 4. The first kappa shape index (κ1) is 12.9. The van der Waals surface area contributed by atoms with E-state index in [1.54, 1.807) is 18.2 Å². The van der Waals surface area contributed by atoms with Gasteiger partial charge in [0.25, 0.3) is 0 Å². The summed E-state index contributed by atoms with van der Waals surface area (Å²) < 4.78 is 14.2. The van der Waals surface area contributed by atoms with Gasteiger partial charge in [0.15, 0.2) is 5.82 Å². The first-order valence-electron chi connectivity index (χ1n) is 5.38. The molecule has 0 saturated carbocycles. The zero-order valence-corrected chi connectivity index (χ0v) is 11.0. The van der Waals surface area contributed by atoms with Crippen LogP contribution in [-0.2, 0) is 4.79 Å². The van der Waals surface area contributed by atoms with Crippen LogP contribution in [0.15, 0.2) is 27.8 Å². The van der Waals surface area contributed by atoms with Crippen molar-refractivity contribution in [3.05, 3.63) is 38.9 Å². The Labute approximate surface area is 111 Å². The van der Waals surface area contributed by atoms with Gasteiger partial charge in [-0.3, -0.25) is 4.79 Å².